The molecule has 2 aliphatic heterocycles. The number of benzene rings is 1. The Hall–Kier alpha value is -2.66. The highest BCUT2D eigenvalue weighted by Gasteiger charge is 2.56. The van der Waals surface area contributed by atoms with Crippen LogP contribution in [0.25, 0.3) is 10.1 Å². The molecular formula is C19H18FN3O5S2. The first-order chi connectivity index (χ1) is 14.2. The van der Waals surface area contributed by atoms with Crippen molar-refractivity contribution in [2.75, 3.05) is 19.4 Å². The summed E-state index contributed by atoms with van der Waals surface area (Å²) in [5.74, 6) is -2.03. The van der Waals surface area contributed by atoms with Crippen LogP contribution in [0.2, 0.25) is 0 Å². The molecule has 0 radical (unpaired) electrons. The fourth-order valence-corrected chi connectivity index (χ4v) is 5.94. The van der Waals surface area contributed by atoms with Gasteiger partial charge in [-0.25, -0.2) is 4.39 Å². The average molecular weight is 452 g/mol. The summed E-state index contributed by atoms with van der Waals surface area (Å²) in [6, 6.07) is 3.49. The number of β-lactam (4-membered cyclic amide) rings is 1. The molecule has 4 rings (SSSR count). The maximum Gasteiger partial charge on any atom is 0.312 e. The third kappa shape index (κ3) is 3.31. The molecule has 1 aromatic heterocycles. The molecule has 2 aromatic rings. The van der Waals surface area contributed by atoms with E-state index in [1.807, 2.05) is 0 Å². The minimum absolute atomic E-state index is 0.0585. The fourth-order valence-electron chi connectivity index (χ4n) is 3.53. The summed E-state index contributed by atoms with van der Waals surface area (Å²) in [5, 5.41) is 17.7. The molecule has 3 atom stereocenters. The third-order valence-electron chi connectivity index (χ3n) is 5.22. The number of carbonyl (C=O) groups excluding carboxylic acids is 2. The van der Waals surface area contributed by atoms with Gasteiger partial charge in [0.15, 0.2) is 5.71 Å². The Bertz CT molecular complexity index is 1090. The zero-order valence-corrected chi connectivity index (χ0v) is 17.7. The van der Waals surface area contributed by atoms with Crippen LogP contribution < -0.4 is 5.32 Å². The maximum atomic E-state index is 13.7. The van der Waals surface area contributed by atoms with Crippen molar-refractivity contribution in [1.29, 1.82) is 0 Å². The lowest BCUT2D eigenvalue weighted by Crippen LogP contribution is -2.73. The van der Waals surface area contributed by atoms with Crippen LogP contribution in [0.3, 0.4) is 0 Å². The Morgan fingerprint density at radius 3 is 2.90 bits per heavy atom. The van der Waals surface area contributed by atoms with Crippen LogP contribution in [-0.2, 0) is 19.2 Å². The van der Waals surface area contributed by atoms with Gasteiger partial charge in [-0.1, -0.05) is 5.16 Å². The number of carboxylic acids is 1. The highest BCUT2D eigenvalue weighted by molar-refractivity contribution is 8.00. The summed E-state index contributed by atoms with van der Waals surface area (Å²) >= 11 is 2.66. The Morgan fingerprint density at radius 1 is 1.43 bits per heavy atom. The molecule has 158 valence electrons. The molecule has 11 heteroatoms. The van der Waals surface area contributed by atoms with Crippen molar-refractivity contribution < 1.29 is 28.7 Å². The monoisotopic (exact) mass is 451 g/mol. The second-order valence-corrected chi connectivity index (χ2v) is 9.41. The summed E-state index contributed by atoms with van der Waals surface area (Å²) in [7, 11) is 1.29. The molecule has 2 N–H and O–H groups in total. The number of aliphatic carboxylic acids is 1. The molecule has 8 nitrogen and oxygen atoms in total. The number of hydrogen-bond acceptors (Lipinski definition) is 7. The minimum atomic E-state index is -1.02. The molecule has 1 aromatic carbocycles. The first-order valence-electron chi connectivity index (χ1n) is 9.00. The number of rotatable bonds is 5. The average Bonchev–Trinajstić information content (AvgIpc) is 3.12. The molecule has 3 heterocycles. The number of carbonyl (C=O) groups is 3. The van der Waals surface area contributed by atoms with Gasteiger partial charge in [0.2, 0.25) is 5.91 Å². The molecule has 0 saturated carbocycles. The Labute approximate surface area is 179 Å². The minimum Gasteiger partial charge on any atom is -0.481 e. The second kappa shape index (κ2) is 7.55. The van der Waals surface area contributed by atoms with E-state index in [1.54, 1.807) is 18.4 Å². The predicted molar refractivity (Wildman–Crippen MR) is 111 cm³/mol. The number of hydrogen-bond donors (Lipinski definition) is 2. The van der Waals surface area contributed by atoms with Crippen molar-refractivity contribution in [3.63, 3.8) is 0 Å². The number of nitrogens with one attached hydrogen (secondary N) is 1. The van der Waals surface area contributed by atoms with Crippen LogP contribution in [-0.4, -0.2) is 64.3 Å². The van der Waals surface area contributed by atoms with Gasteiger partial charge in [0, 0.05) is 33.3 Å². The number of amides is 2. The standard InChI is InChI=1S/C19H18FN3O5S2/c1-19(18(26)27)7-23-16(25)14(17(23)30-8-19)21-15(24)13(22-28-2)11-6-29-12-4-3-9(20)5-10(11)12/h3-6,14,17H,7-8H2,1-2H3,(H,21,24)(H,26,27)/t14?,17-,19?/m1/s1. The summed E-state index contributed by atoms with van der Waals surface area (Å²) in [6.07, 6.45) is 0. The Morgan fingerprint density at radius 2 is 2.20 bits per heavy atom. The number of thioether (sulfide) groups is 1. The zero-order chi connectivity index (χ0) is 21.6. The topological polar surface area (TPSA) is 108 Å². The van der Waals surface area contributed by atoms with Crippen LogP contribution in [0.15, 0.2) is 28.7 Å². The van der Waals surface area contributed by atoms with Crippen LogP contribution in [0, 0.1) is 11.2 Å². The summed E-state index contributed by atoms with van der Waals surface area (Å²) in [4.78, 5) is 43.2. The summed E-state index contributed by atoms with van der Waals surface area (Å²) in [5.41, 5.74) is -0.669. The van der Waals surface area contributed by atoms with Gasteiger partial charge in [0.25, 0.3) is 5.91 Å². The molecule has 0 spiro atoms. The Balaban J connectivity index is 1.54. The molecule has 2 unspecified atom stereocenters. The van der Waals surface area contributed by atoms with E-state index in [0.717, 1.165) is 4.70 Å². The van der Waals surface area contributed by atoms with E-state index < -0.39 is 29.2 Å². The number of halogens is 1. The van der Waals surface area contributed by atoms with Crippen LogP contribution >= 0.6 is 23.1 Å². The number of thiophene rings is 1. The van der Waals surface area contributed by atoms with Crippen molar-refractivity contribution in [1.82, 2.24) is 10.2 Å². The van der Waals surface area contributed by atoms with E-state index >= 15 is 0 Å². The van der Waals surface area contributed by atoms with Crippen molar-refractivity contribution in [3.05, 3.63) is 35.0 Å². The normalized spacial score (nSPS) is 26.2. The molecular weight excluding hydrogens is 433 g/mol. The van der Waals surface area contributed by atoms with Crippen molar-refractivity contribution >= 4 is 56.7 Å². The fraction of sp³-hybridized carbons (Fsp3) is 0.368. The highest BCUT2D eigenvalue weighted by Crippen LogP contribution is 2.42. The molecule has 2 amide bonds. The lowest BCUT2D eigenvalue weighted by atomic mass is 9.89. The first-order valence-corrected chi connectivity index (χ1v) is 10.9. The lowest BCUT2D eigenvalue weighted by Gasteiger charge is -2.53. The van der Waals surface area contributed by atoms with Crippen molar-refractivity contribution in [2.45, 2.75) is 18.3 Å². The van der Waals surface area contributed by atoms with Gasteiger partial charge in [0.05, 0.1) is 5.41 Å². The van der Waals surface area contributed by atoms with Gasteiger partial charge in [-0.2, -0.15) is 0 Å². The third-order valence-corrected chi connectivity index (χ3v) is 7.86. The van der Waals surface area contributed by atoms with E-state index in [0.29, 0.717) is 16.7 Å². The summed E-state index contributed by atoms with van der Waals surface area (Å²) < 4.78 is 14.5. The number of nitrogens with zero attached hydrogens (tertiary/aromatic N) is 2. The van der Waals surface area contributed by atoms with E-state index in [1.165, 1.54) is 47.2 Å². The van der Waals surface area contributed by atoms with E-state index in [4.69, 9.17) is 4.84 Å². The number of carboxylic acid groups (broad SMARTS) is 1. The Kier molecular flexibility index (Phi) is 5.18. The SMILES string of the molecule is CON=C(C(=O)NC1C(=O)N2CC(C)(C(=O)O)CS[C@H]12)c1csc2ccc(F)cc12. The van der Waals surface area contributed by atoms with Gasteiger partial charge in [-0.05, 0) is 25.1 Å². The first kappa shape index (κ1) is 20.6. The van der Waals surface area contributed by atoms with Crippen molar-refractivity contribution in [3.8, 4) is 0 Å². The molecule has 2 aliphatic rings. The van der Waals surface area contributed by atoms with E-state index in [-0.39, 0.29) is 23.5 Å². The van der Waals surface area contributed by atoms with E-state index in [2.05, 4.69) is 10.5 Å². The zero-order valence-electron chi connectivity index (χ0n) is 16.0. The van der Waals surface area contributed by atoms with Crippen LogP contribution in [0.1, 0.15) is 12.5 Å². The quantitative estimate of drug-likeness (QED) is 0.408. The lowest BCUT2D eigenvalue weighted by molar-refractivity contribution is -0.157. The second-order valence-electron chi connectivity index (χ2n) is 7.40. The number of oxime groups is 1. The summed E-state index contributed by atoms with van der Waals surface area (Å²) in [6.45, 7) is 1.70. The van der Waals surface area contributed by atoms with Gasteiger partial charge in [0.1, 0.15) is 24.3 Å². The smallest absolute Gasteiger partial charge is 0.312 e. The van der Waals surface area contributed by atoms with Gasteiger partial charge >= 0.3 is 5.97 Å². The highest BCUT2D eigenvalue weighted by atomic mass is 32.2. The van der Waals surface area contributed by atoms with Crippen LogP contribution in [0.5, 0.6) is 0 Å². The molecule has 0 bridgehead atoms. The molecule has 0 aliphatic carbocycles. The largest absolute Gasteiger partial charge is 0.481 e. The predicted octanol–water partition coefficient (Wildman–Crippen LogP) is 1.88. The molecule has 30 heavy (non-hydrogen) atoms. The van der Waals surface area contributed by atoms with Gasteiger partial charge < -0.3 is 20.2 Å². The van der Waals surface area contributed by atoms with Crippen LogP contribution in [0.4, 0.5) is 4.39 Å². The van der Waals surface area contributed by atoms with Gasteiger partial charge in [-0.15, -0.1) is 23.1 Å². The maximum absolute atomic E-state index is 13.7. The molecule has 2 saturated heterocycles. The van der Waals surface area contributed by atoms with Gasteiger partial charge in [-0.3, -0.25) is 14.4 Å². The molecule has 2 fully saturated rings. The number of fused-ring (bicyclic) bond motifs is 2. The van der Waals surface area contributed by atoms with E-state index in [9.17, 15) is 23.9 Å². The van der Waals surface area contributed by atoms with Crippen molar-refractivity contribution in [2.24, 2.45) is 10.6 Å².